The van der Waals surface area contributed by atoms with Gasteiger partial charge in [0, 0.05) is 24.7 Å². The third kappa shape index (κ3) is 5.37. The van der Waals surface area contributed by atoms with E-state index in [1.165, 1.54) is 12.1 Å². The average molecular weight is 454 g/mol. The van der Waals surface area contributed by atoms with Crippen LogP contribution in [0.2, 0.25) is 0 Å². The van der Waals surface area contributed by atoms with Crippen molar-refractivity contribution in [1.82, 2.24) is 9.97 Å². The van der Waals surface area contributed by atoms with E-state index in [-0.39, 0.29) is 18.0 Å². The molecule has 4 rings (SSSR count). The Balaban J connectivity index is 0.00000289. The van der Waals surface area contributed by atoms with E-state index in [1.54, 1.807) is 36.5 Å². The number of hydrogen-bond donors (Lipinski definition) is 1. The summed E-state index contributed by atoms with van der Waals surface area (Å²) in [6, 6.07) is 22.1. The highest BCUT2D eigenvalue weighted by Crippen LogP contribution is 2.36. The monoisotopic (exact) mass is 453 g/mol. The van der Waals surface area contributed by atoms with Crippen molar-refractivity contribution in [3.05, 3.63) is 113 Å². The number of rotatable bonds is 5. The molecule has 1 aromatic heterocycles. The summed E-state index contributed by atoms with van der Waals surface area (Å²) in [4.78, 5) is 7.70. The molecular formula is C25H19ClF3N3. The van der Waals surface area contributed by atoms with Gasteiger partial charge in [0.25, 0.3) is 0 Å². The molecule has 0 aliphatic carbocycles. The minimum atomic E-state index is -4.39. The zero-order valence-corrected chi connectivity index (χ0v) is 17.7. The second kappa shape index (κ2) is 9.71. The molecule has 1 N–H and O–H groups in total. The van der Waals surface area contributed by atoms with Gasteiger partial charge in [0.1, 0.15) is 5.82 Å². The lowest BCUT2D eigenvalue weighted by Crippen LogP contribution is -2.06. The number of alkyl halides is 3. The smallest absolute Gasteiger partial charge is 0.345 e. The lowest BCUT2D eigenvalue weighted by Gasteiger charge is -2.13. The highest BCUT2D eigenvalue weighted by molar-refractivity contribution is 5.85. The van der Waals surface area contributed by atoms with E-state index in [4.69, 9.17) is 5.26 Å². The first-order valence-electron chi connectivity index (χ1n) is 9.70. The van der Waals surface area contributed by atoms with Crippen molar-refractivity contribution in [2.24, 2.45) is 0 Å². The van der Waals surface area contributed by atoms with Crippen molar-refractivity contribution in [3.63, 3.8) is 0 Å². The zero-order valence-electron chi connectivity index (χ0n) is 16.9. The molecule has 32 heavy (non-hydrogen) atoms. The van der Waals surface area contributed by atoms with Crippen molar-refractivity contribution in [1.29, 1.82) is 5.26 Å². The van der Waals surface area contributed by atoms with E-state index >= 15 is 0 Å². The Labute approximate surface area is 190 Å². The van der Waals surface area contributed by atoms with Crippen LogP contribution >= 0.6 is 12.4 Å². The average Bonchev–Trinajstić information content (AvgIpc) is 3.21. The molecule has 1 heterocycles. The maximum absolute atomic E-state index is 13.3. The van der Waals surface area contributed by atoms with Crippen molar-refractivity contribution in [3.8, 4) is 17.2 Å². The molecule has 7 heteroatoms. The fourth-order valence-electron chi connectivity index (χ4n) is 3.48. The third-order valence-corrected chi connectivity index (χ3v) is 5.03. The second-order valence-corrected chi connectivity index (χ2v) is 7.26. The van der Waals surface area contributed by atoms with Gasteiger partial charge in [-0.2, -0.15) is 18.4 Å². The van der Waals surface area contributed by atoms with Crippen LogP contribution < -0.4 is 0 Å². The van der Waals surface area contributed by atoms with Gasteiger partial charge < -0.3 is 4.98 Å². The number of halogens is 4. The van der Waals surface area contributed by atoms with Gasteiger partial charge in [-0.15, -0.1) is 12.4 Å². The Bertz CT molecular complexity index is 1220. The standard InChI is InChI=1S/C25H18F3N3.ClH/c26-25(27,28)23-4-2-1-3-22(23)20-11-9-18(10-12-20)14-24-30-16-21(31-24)13-17-5-7-19(15-29)8-6-17;/h1-12,16H,13-14H2,(H,30,31);1H. The lowest BCUT2D eigenvalue weighted by molar-refractivity contribution is -0.137. The van der Waals surface area contributed by atoms with Crippen LogP contribution in [-0.2, 0) is 19.0 Å². The number of nitrogens with zero attached hydrogens (tertiary/aromatic N) is 2. The zero-order chi connectivity index (χ0) is 21.8. The highest BCUT2D eigenvalue weighted by Gasteiger charge is 2.33. The lowest BCUT2D eigenvalue weighted by atomic mass is 9.98. The summed E-state index contributed by atoms with van der Waals surface area (Å²) in [6.45, 7) is 0. The molecule has 0 aliphatic heterocycles. The Morgan fingerprint density at radius 2 is 1.47 bits per heavy atom. The molecule has 0 aliphatic rings. The molecule has 0 unspecified atom stereocenters. The summed E-state index contributed by atoms with van der Waals surface area (Å²) in [7, 11) is 0. The van der Waals surface area contributed by atoms with Crippen molar-refractivity contribution in [2.45, 2.75) is 19.0 Å². The van der Waals surface area contributed by atoms with E-state index < -0.39 is 11.7 Å². The van der Waals surface area contributed by atoms with E-state index in [1.807, 2.05) is 24.3 Å². The number of H-pyrrole nitrogens is 1. The van der Waals surface area contributed by atoms with Gasteiger partial charge in [-0.25, -0.2) is 4.98 Å². The van der Waals surface area contributed by atoms with Crippen LogP contribution in [0.15, 0.2) is 79.0 Å². The molecule has 162 valence electrons. The topological polar surface area (TPSA) is 52.5 Å². The number of nitriles is 1. The Hall–Kier alpha value is -3.56. The summed E-state index contributed by atoms with van der Waals surface area (Å²) in [5, 5.41) is 8.88. The number of aromatic nitrogens is 2. The first-order chi connectivity index (χ1) is 14.9. The summed E-state index contributed by atoms with van der Waals surface area (Å²) in [5.74, 6) is 0.784. The highest BCUT2D eigenvalue weighted by atomic mass is 35.5. The number of aromatic amines is 1. The first-order valence-corrected chi connectivity index (χ1v) is 9.70. The van der Waals surface area contributed by atoms with E-state index in [0.29, 0.717) is 24.0 Å². The number of hydrogen-bond acceptors (Lipinski definition) is 2. The fourth-order valence-corrected chi connectivity index (χ4v) is 3.48. The predicted octanol–water partition coefficient (Wildman–Crippen LogP) is 6.57. The summed E-state index contributed by atoms with van der Waals surface area (Å²) >= 11 is 0. The Morgan fingerprint density at radius 3 is 2.12 bits per heavy atom. The van der Waals surface area contributed by atoms with Crippen LogP contribution in [0.25, 0.3) is 11.1 Å². The first kappa shape index (κ1) is 23.1. The molecule has 0 saturated carbocycles. The third-order valence-electron chi connectivity index (χ3n) is 5.03. The summed E-state index contributed by atoms with van der Waals surface area (Å²) < 4.78 is 39.8. The van der Waals surface area contributed by atoms with Crippen molar-refractivity contribution < 1.29 is 13.2 Å². The molecule has 4 aromatic rings. The van der Waals surface area contributed by atoms with Gasteiger partial charge in [0.15, 0.2) is 0 Å². The molecular weight excluding hydrogens is 435 g/mol. The molecule has 0 amide bonds. The van der Waals surface area contributed by atoms with Crippen LogP contribution in [0.3, 0.4) is 0 Å². The SMILES string of the molecule is Cl.N#Cc1ccc(Cc2cnc(Cc3ccc(-c4ccccc4C(F)(F)F)cc3)[nH]2)cc1. The van der Waals surface area contributed by atoms with Crippen molar-refractivity contribution in [2.75, 3.05) is 0 Å². The molecule has 0 atom stereocenters. The van der Waals surface area contributed by atoms with Crippen LogP contribution in [-0.4, -0.2) is 9.97 Å². The van der Waals surface area contributed by atoms with E-state index in [2.05, 4.69) is 16.0 Å². The largest absolute Gasteiger partial charge is 0.417 e. The van der Waals surface area contributed by atoms with Gasteiger partial charge in [0.05, 0.1) is 17.2 Å². The Kier molecular flexibility index (Phi) is 7.01. The maximum atomic E-state index is 13.3. The molecule has 0 bridgehead atoms. The molecule has 0 spiro atoms. The molecule has 0 saturated heterocycles. The minimum Gasteiger partial charge on any atom is -0.345 e. The quantitative estimate of drug-likeness (QED) is 0.371. The number of nitrogens with one attached hydrogen (secondary N) is 1. The van der Waals surface area contributed by atoms with E-state index in [9.17, 15) is 13.2 Å². The number of benzene rings is 3. The summed E-state index contributed by atoms with van der Waals surface area (Å²) in [5.41, 5.74) is 3.66. The molecule has 0 fully saturated rings. The second-order valence-electron chi connectivity index (χ2n) is 7.26. The predicted molar refractivity (Wildman–Crippen MR) is 119 cm³/mol. The van der Waals surface area contributed by atoms with Crippen LogP contribution in [0.5, 0.6) is 0 Å². The van der Waals surface area contributed by atoms with Gasteiger partial charge >= 0.3 is 6.18 Å². The van der Waals surface area contributed by atoms with Gasteiger partial charge in [-0.3, -0.25) is 0 Å². The summed E-state index contributed by atoms with van der Waals surface area (Å²) in [6.07, 6.45) is -1.39. The fraction of sp³-hybridized carbons (Fsp3) is 0.120. The molecule has 3 nitrogen and oxygen atoms in total. The number of imidazole rings is 1. The van der Waals surface area contributed by atoms with Crippen LogP contribution in [0, 0.1) is 11.3 Å². The van der Waals surface area contributed by atoms with Gasteiger partial charge in [-0.1, -0.05) is 54.6 Å². The Morgan fingerprint density at radius 1 is 0.844 bits per heavy atom. The van der Waals surface area contributed by atoms with Crippen molar-refractivity contribution >= 4 is 12.4 Å². The van der Waals surface area contributed by atoms with E-state index in [0.717, 1.165) is 28.7 Å². The van der Waals surface area contributed by atoms with Crippen LogP contribution in [0.1, 0.15) is 33.8 Å². The van der Waals surface area contributed by atoms with Gasteiger partial charge in [0.2, 0.25) is 0 Å². The maximum Gasteiger partial charge on any atom is 0.417 e. The minimum absolute atomic E-state index is 0. The van der Waals surface area contributed by atoms with Gasteiger partial charge in [-0.05, 0) is 40.5 Å². The molecule has 3 aromatic carbocycles. The van der Waals surface area contributed by atoms with Crippen LogP contribution in [0.4, 0.5) is 13.2 Å². The molecule has 0 radical (unpaired) electrons. The normalized spacial score (nSPS) is 10.9.